The lowest BCUT2D eigenvalue weighted by atomic mass is 9.94. The van der Waals surface area contributed by atoms with E-state index >= 15 is 0 Å². The molecule has 3 aliphatic heterocycles. The maximum atomic E-state index is 11.5. The molecule has 0 radical (unpaired) electrons. The van der Waals surface area contributed by atoms with Gasteiger partial charge >= 0.3 is 6.09 Å². The number of hydrogen-bond donors (Lipinski definition) is 1. The van der Waals surface area contributed by atoms with Crippen molar-refractivity contribution in [2.45, 2.75) is 36.9 Å². The number of hydrogen-bond acceptors (Lipinski definition) is 4. The van der Waals surface area contributed by atoms with Crippen LogP contribution in [-0.2, 0) is 4.74 Å². The van der Waals surface area contributed by atoms with Crippen molar-refractivity contribution in [3.63, 3.8) is 0 Å². The highest BCUT2D eigenvalue weighted by Gasteiger charge is 2.56. The maximum Gasteiger partial charge on any atom is 0.409 e. The van der Waals surface area contributed by atoms with Crippen LogP contribution < -0.4 is 0 Å². The van der Waals surface area contributed by atoms with Gasteiger partial charge in [0.25, 0.3) is 0 Å². The second-order valence-corrected chi connectivity index (χ2v) is 5.25. The van der Waals surface area contributed by atoms with Crippen molar-refractivity contribution >= 4 is 6.09 Å². The van der Waals surface area contributed by atoms with Gasteiger partial charge in [0.2, 0.25) is 0 Å². The quantitative estimate of drug-likeness (QED) is 0.685. The number of rotatable bonds is 1. The Morgan fingerprint density at radius 3 is 3.19 bits per heavy atom. The van der Waals surface area contributed by atoms with Crippen LogP contribution >= 0.6 is 0 Å². The first-order valence-corrected chi connectivity index (χ1v) is 5.96. The Morgan fingerprint density at radius 1 is 1.62 bits per heavy atom. The summed E-state index contributed by atoms with van der Waals surface area (Å²) < 4.78 is 5.42. The number of carbonyl (C=O) groups is 1. The molecule has 3 fully saturated rings. The minimum Gasteiger partial charge on any atom is -0.444 e. The summed E-state index contributed by atoms with van der Waals surface area (Å²) in [6.45, 7) is 1.93. The summed E-state index contributed by atoms with van der Waals surface area (Å²) in [6.07, 6.45) is 2.72. The normalized spacial score (nSPS) is 43.1. The molecule has 0 aromatic rings. The fraction of sp³-hybridized carbons (Fsp3) is 0.909. The van der Waals surface area contributed by atoms with Gasteiger partial charge in [-0.05, 0) is 19.4 Å². The van der Waals surface area contributed by atoms with Crippen LogP contribution in [0.3, 0.4) is 0 Å². The monoisotopic (exact) mass is 226 g/mol. The zero-order valence-corrected chi connectivity index (χ0v) is 9.56. The molecule has 0 aromatic heterocycles. The molecule has 0 spiro atoms. The number of carbonyl (C=O) groups excluding carboxylic acids is 1. The smallest absolute Gasteiger partial charge is 0.409 e. The van der Waals surface area contributed by atoms with E-state index in [0.717, 1.165) is 32.4 Å². The van der Waals surface area contributed by atoms with E-state index < -0.39 is 0 Å². The van der Waals surface area contributed by atoms with E-state index in [1.165, 1.54) is 0 Å². The SMILES string of the molecule is CN1CC2[C@@H](CC3(CO)CCCN23)OC1=O. The molecule has 3 aliphatic rings. The van der Waals surface area contributed by atoms with Crippen LogP contribution in [-0.4, -0.2) is 65.4 Å². The van der Waals surface area contributed by atoms with Gasteiger partial charge in [0.05, 0.1) is 12.6 Å². The molecular formula is C11H18N2O3. The number of amides is 1. The van der Waals surface area contributed by atoms with Gasteiger partial charge in [-0.2, -0.15) is 0 Å². The third-order valence-electron chi connectivity index (χ3n) is 4.38. The van der Waals surface area contributed by atoms with Crippen molar-refractivity contribution in [2.24, 2.45) is 0 Å². The van der Waals surface area contributed by atoms with E-state index in [0.29, 0.717) is 0 Å². The molecule has 0 aliphatic carbocycles. The molecule has 5 nitrogen and oxygen atoms in total. The van der Waals surface area contributed by atoms with Crippen LogP contribution in [0.5, 0.6) is 0 Å². The lowest BCUT2D eigenvalue weighted by molar-refractivity contribution is 0.00274. The number of aliphatic hydroxyl groups is 1. The fourth-order valence-electron chi connectivity index (χ4n) is 3.55. The Hall–Kier alpha value is -0.810. The molecule has 3 heterocycles. The van der Waals surface area contributed by atoms with Crippen molar-refractivity contribution in [1.82, 2.24) is 9.80 Å². The van der Waals surface area contributed by atoms with Crippen LogP contribution in [0.2, 0.25) is 0 Å². The third-order valence-corrected chi connectivity index (χ3v) is 4.38. The van der Waals surface area contributed by atoms with Crippen molar-refractivity contribution in [3.8, 4) is 0 Å². The molecule has 1 amide bonds. The predicted molar refractivity (Wildman–Crippen MR) is 57.1 cm³/mol. The zero-order valence-electron chi connectivity index (χ0n) is 9.56. The Kier molecular flexibility index (Phi) is 2.16. The first-order valence-electron chi connectivity index (χ1n) is 5.96. The Bertz CT molecular complexity index is 322. The molecule has 0 aromatic carbocycles. The standard InChI is InChI=1S/C11H18N2O3/c1-12-6-8-9(16-10(12)15)5-11(7-14)3-2-4-13(8)11/h8-9,14H,2-7H2,1H3/t8?,9-,11?/m1/s1. The van der Waals surface area contributed by atoms with Crippen LogP contribution in [0.1, 0.15) is 19.3 Å². The van der Waals surface area contributed by atoms with Gasteiger partial charge in [-0.15, -0.1) is 0 Å². The van der Waals surface area contributed by atoms with Crippen molar-refractivity contribution < 1.29 is 14.6 Å². The lowest BCUT2D eigenvalue weighted by Crippen LogP contribution is -2.54. The summed E-state index contributed by atoms with van der Waals surface area (Å²) in [7, 11) is 1.77. The van der Waals surface area contributed by atoms with Crippen LogP contribution in [0, 0.1) is 0 Å². The van der Waals surface area contributed by atoms with Crippen LogP contribution in [0.15, 0.2) is 0 Å². The topological polar surface area (TPSA) is 53.0 Å². The van der Waals surface area contributed by atoms with Gasteiger partial charge < -0.3 is 14.7 Å². The highest BCUT2D eigenvalue weighted by atomic mass is 16.6. The Balaban J connectivity index is 1.86. The molecular weight excluding hydrogens is 208 g/mol. The molecule has 2 unspecified atom stereocenters. The van der Waals surface area contributed by atoms with Crippen molar-refractivity contribution in [3.05, 3.63) is 0 Å². The van der Waals surface area contributed by atoms with Crippen LogP contribution in [0.25, 0.3) is 0 Å². The second kappa shape index (κ2) is 3.34. The van der Waals surface area contributed by atoms with Gasteiger partial charge in [0.1, 0.15) is 6.10 Å². The molecule has 0 saturated carbocycles. The summed E-state index contributed by atoms with van der Waals surface area (Å²) in [5.41, 5.74) is -0.110. The van der Waals surface area contributed by atoms with E-state index in [4.69, 9.17) is 4.74 Å². The van der Waals surface area contributed by atoms with E-state index in [9.17, 15) is 9.90 Å². The average molecular weight is 226 g/mol. The maximum absolute atomic E-state index is 11.5. The van der Waals surface area contributed by atoms with Crippen LogP contribution in [0.4, 0.5) is 4.79 Å². The van der Waals surface area contributed by atoms with Gasteiger partial charge in [0.15, 0.2) is 0 Å². The summed E-state index contributed by atoms with van der Waals surface area (Å²) >= 11 is 0. The van der Waals surface area contributed by atoms with Crippen molar-refractivity contribution in [2.75, 3.05) is 26.7 Å². The third kappa shape index (κ3) is 1.21. The first-order chi connectivity index (χ1) is 7.66. The molecule has 3 rings (SSSR count). The van der Waals surface area contributed by atoms with E-state index in [-0.39, 0.29) is 30.4 Å². The molecule has 5 heteroatoms. The first kappa shape index (κ1) is 10.4. The molecule has 3 saturated heterocycles. The minimum atomic E-state index is -0.226. The fourth-order valence-corrected chi connectivity index (χ4v) is 3.55. The predicted octanol–water partition coefficient (Wildman–Crippen LogP) is 0.0362. The molecule has 16 heavy (non-hydrogen) atoms. The van der Waals surface area contributed by atoms with E-state index in [2.05, 4.69) is 4.90 Å². The Labute approximate surface area is 95.0 Å². The number of ether oxygens (including phenoxy) is 1. The zero-order chi connectivity index (χ0) is 11.3. The molecule has 1 N–H and O–H groups in total. The highest BCUT2D eigenvalue weighted by molar-refractivity contribution is 5.68. The number of nitrogens with zero attached hydrogens (tertiary/aromatic N) is 2. The van der Waals surface area contributed by atoms with Crippen molar-refractivity contribution in [1.29, 1.82) is 0 Å². The minimum absolute atomic E-state index is 0.0175. The molecule has 3 atom stereocenters. The summed E-state index contributed by atoms with van der Waals surface area (Å²) in [5.74, 6) is 0. The largest absolute Gasteiger partial charge is 0.444 e. The molecule has 90 valence electrons. The summed E-state index contributed by atoms with van der Waals surface area (Å²) in [6, 6.07) is 0.275. The summed E-state index contributed by atoms with van der Waals surface area (Å²) in [5, 5.41) is 9.61. The lowest BCUT2D eigenvalue weighted by Gasteiger charge is -2.37. The number of likely N-dealkylation sites (N-methyl/N-ethyl adjacent to an activating group) is 1. The van der Waals surface area contributed by atoms with E-state index in [1.54, 1.807) is 11.9 Å². The highest BCUT2D eigenvalue weighted by Crippen LogP contribution is 2.44. The Morgan fingerprint density at radius 2 is 2.44 bits per heavy atom. The second-order valence-electron chi connectivity index (χ2n) is 5.25. The van der Waals surface area contributed by atoms with E-state index in [1.807, 2.05) is 0 Å². The molecule has 0 bridgehead atoms. The average Bonchev–Trinajstić information content (AvgIpc) is 2.77. The van der Waals surface area contributed by atoms with Gasteiger partial charge in [-0.25, -0.2) is 4.79 Å². The number of aliphatic hydroxyl groups excluding tert-OH is 1. The van der Waals surface area contributed by atoms with Gasteiger partial charge in [-0.1, -0.05) is 0 Å². The van der Waals surface area contributed by atoms with Gasteiger partial charge in [0, 0.05) is 25.6 Å². The summed E-state index contributed by atoms with van der Waals surface area (Å²) in [4.78, 5) is 15.5. The number of fused-ring (bicyclic) bond motifs is 3. The van der Waals surface area contributed by atoms with Gasteiger partial charge in [-0.3, -0.25) is 4.90 Å².